The summed E-state index contributed by atoms with van der Waals surface area (Å²) in [6, 6.07) is 22.2. The summed E-state index contributed by atoms with van der Waals surface area (Å²) < 4.78 is 5.84. The lowest BCUT2D eigenvalue weighted by atomic mass is 9.71. The molecule has 1 N–H and O–H groups in total. The first kappa shape index (κ1) is 24.4. The number of hydrogen-bond acceptors (Lipinski definition) is 4. The molecule has 3 unspecified atom stereocenters. The molecule has 1 aliphatic rings. The number of benzene rings is 2. The lowest BCUT2D eigenvalue weighted by molar-refractivity contribution is 0.00375. The molecule has 3 aromatic rings. The van der Waals surface area contributed by atoms with Gasteiger partial charge in [-0.05, 0) is 43.8 Å². The van der Waals surface area contributed by atoms with Gasteiger partial charge in [-0.1, -0.05) is 94.8 Å². The molecule has 176 valence electrons. The fraction of sp³-hybridized carbons (Fsp3) is 0.276. The number of halogens is 1. The van der Waals surface area contributed by atoms with Crippen LogP contribution < -0.4 is 4.74 Å². The second-order valence-electron chi connectivity index (χ2n) is 8.91. The number of ether oxygens (including phenoxy) is 1. The Hall–Kier alpha value is -2.73. The van der Waals surface area contributed by atoms with E-state index in [1.165, 1.54) is 0 Å². The molecule has 0 fully saturated rings. The molecule has 1 heterocycles. The number of hydrogen-bond donors (Lipinski definition) is 1. The average molecular weight is 519 g/mol. The van der Waals surface area contributed by atoms with Crippen LogP contribution in [0.25, 0.3) is 12.2 Å². The zero-order valence-corrected chi connectivity index (χ0v) is 21.4. The minimum absolute atomic E-state index is 0.141. The molecule has 4 nitrogen and oxygen atoms in total. The normalized spacial score (nSPS) is 17.6. The predicted molar refractivity (Wildman–Crippen MR) is 143 cm³/mol. The van der Waals surface area contributed by atoms with Gasteiger partial charge >= 0.3 is 0 Å². The van der Waals surface area contributed by atoms with Crippen LogP contribution in [0.4, 0.5) is 0 Å². The van der Waals surface area contributed by atoms with E-state index in [0.717, 1.165) is 34.5 Å². The van der Waals surface area contributed by atoms with E-state index in [4.69, 9.17) is 9.72 Å². The SMILES string of the molecule is COc1nc2c(cc1C(c1ccccc1)C(O)(CCN(C)C)c1ccccc1)C=CC(Br)C=C2. The van der Waals surface area contributed by atoms with Gasteiger partial charge in [-0.25, -0.2) is 4.98 Å². The third-order valence-electron chi connectivity index (χ3n) is 6.30. The molecule has 0 aliphatic heterocycles. The van der Waals surface area contributed by atoms with Crippen molar-refractivity contribution in [1.82, 2.24) is 9.88 Å². The number of nitrogens with zero attached hydrogens (tertiary/aromatic N) is 2. The van der Waals surface area contributed by atoms with E-state index in [1.54, 1.807) is 7.11 Å². The monoisotopic (exact) mass is 518 g/mol. The summed E-state index contributed by atoms with van der Waals surface area (Å²) in [5, 5.41) is 12.6. The lowest BCUT2D eigenvalue weighted by Crippen LogP contribution is -2.37. The van der Waals surface area contributed by atoms with Crippen LogP contribution in [-0.2, 0) is 5.60 Å². The zero-order chi connectivity index (χ0) is 24.1. The summed E-state index contributed by atoms with van der Waals surface area (Å²) >= 11 is 3.64. The highest BCUT2D eigenvalue weighted by Gasteiger charge is 2.42. The Morgan fingerprint density at radius 2 is 1.68 bits per heavy atom. The van der Waals surface area contributed by atoms with E-state index in [1.807, 2.05) is 68.7 Å². The van der Waals surface area contributed by atoms with Crippen molar-refractivity contribution < 1.29 is 9.84 Å². The van der Waals surface area contributed by atoms with Crippen molar-refractivity contribution in [3.63, 3.8) is 0 Å². The molecule has 2 aromatic carbocycles. The number of alkyl halides is 1. The van der Waals surface area contributed by atoms with Crippen molar-refractivity contribution in [3.05, 3.63) is 107 Å². The topological polar surface area (TPSA) is 45.6 Å². The highest BCUT2D eigenvalue weighted by atomic mass is 79.9. The molecule has 1 aliphatic carbocycles. The molecule has 0 saturated carbocycles. The van der Waals surface area contributed by atoms with E-state index in [2.05, 4.69) is 57.3 Å². The van der Waals surface area contributed by atoms with Crippen LogP contribution >= 0.6 is 15.9 Å². The van der Waals surface area contributed by atoms with Crippen molar-refractivity contribution in [3.8, 4) is 5.88 Å². The van der Waals surface area contributed by atoms with Gasteiger partial charge in [0.2, 0.25) is 5.88 Å². The summed E-state index contributed by atoms with van der Waals surface area (Å²) in [7, 11) is 5.70. The van der Waals surface area contributed by atoms with Gasteiger partial charge in [0.1, 0.15) is 5.60 Å². The van der Waals surface area contributed by atoms with Gasteiger partial charge in [-0.15, -0.1) is 0 Å². The Labute approximate surface area is 210 Å². The van der Waals surface area contributed by atoms with Crippen molar-refractivity contribution in [2.24, 2.45) is 0 Å². The van der Waals surface area contributed by atoms with Gasteiger partial charge in [0.25, 0.3) is 0 Å². The first-order valence-electron chi connectivity index (χ1n) is 11.5. The van der Waals surface area contributed by atoms with Gasteiger partial charge in [0, 0.05) is 23.6 Å². The Kier molecular flexibility index (Phi) is 7.67. The smallest absolute Gasteiger partial charge is 0.217 e. The molecule has 34 heavy (non-hydrogen) atoms. The quantitative estimate of drug-likeness (QED) is 0.379. The van der Waals surface area contributed by atoms with E-state index < -0.39 is 5.60 Å². The van der Waals surface area contributed by atoms with Gasteiger partial charge in [0.15, 0.2) is 0 Å². The van der Waals surface area contributed by atoms with E-state index in [0.29, 0.717) is 12.3 Å². The molecular weight excluding hydrogens is 488 g/mol. The Morgan fingerprint density at radius 3 is 2.32 bits per heavy atom. The van der Waals surface area contributed by atoms with Crippen molar-refractivity contribution >= 4 is 28.1 Å². The molecule has 3 atom stereocenters. The number of aromatic nitrogens is 1. The maximum atomic E-state index is 12.6. The largest absolute Gasteiger partial charge is 0.481 e. The first-order chi connectivity index (χ1) is 16.4. The molecule has 0 spiro atoms. The fourth-order valence-corrected chi connectivity index (χ4v) is 4.86. The van der Waals surface area contributed by atoms with E-state index >= 15 is 0 Å². The summed E-state index contributed by atoms with van der Waals surface area (Å²) in [6.45, 7) is 0.726. The average Bonchev–Trinajstić information content (AvgIpc) is 3.04. The molecule has 1 aromatic heterocycles. The highest BCUT2D eigenvalue weighted by molar-refractivity contribution is 9.09. The fourth-order valence-electron chi connectivity index (χ4n) is 4.56. The van der Waals surface area contributed by atoms with Crippen molar-refractivity contribution in [2.75, 3.05) is 27.7 Å². The first-order valence-corrected chi connectivity index (χ1v) is 12.4. The van der Waals surface area contributed by atoms with Crippen LogP contribution in [-0.4, -0.2) is 47.6 Å². The maximum absolute atomic E-state index is 12.6. The molecule has 0 saturated heterocycles. The minimum atomic E-state index is -1.18. The van der Waals surface area contributed by atoms with Crippen LogP contribution in [0.1, 0.15) is 40.3 Å². The Bertz CT molecular complexity index is 1160. The standard InChI is InChI=1S/C29H31BrN2O2/c1-32(2)19-18-29(33,23-12-8-5-9-13-23)27(21-10-6-4-7-11-21)25-20-22-14-15-24(30)16-17-26(22)31-28(25)34-3/h4-17,20,24,27,33H,18-19H2,1-3H3. The number of allylic oxidation sites excluding steroid dienone is 2. The second-order valence-corrected chi connectivity index (χ2v) is 9.97. The van der Waals surface area contributed by atoms with Gasteiger partial charge < -0.3 is 14.7 Å². The second kappa shape index (κ2) is 10.7. The molecule has 0 bridgehead atoms. The molecule has 4 rings (SSSR count). The maximum Gasteiger partial charge on any atom is 0.217 e. The van der Waals surface area contributed by atoms with Crippen LogP contribution in [0.3, 0.4) is 0 Å². The number of pyridine rings is 1. The number of fused-ring (bicyclic) bond motifs is 1. The van der Waals surface area contributed by atoms with E-state index in [9.17, 15) is 5.11 Å². The molecule has 5 heteroatoms. The number of methoxy groups -OCH3 is 1. The molecule has 0 radical (unpaired) electrons. The number of aliphatic hydroxyl groups is 1. The third kappa shape index (κ3) is 5.17. The van der Waals surface area contributed by atoms with Gasteiger partial charge in [-0.2, -0.15) is 0 Å². The highest BCUT2D eigenvalue weighted by Crippen LogP contribution is 2.47. The Morgan fingerprint density at radius 1 is 1.03 bits per heavy atom. The van der Waals surface area contributed by atoms with E-state index in [-0.39, 0.29) is 10.7 Å². The van der Waals surface area contributed by atoms with Crippen LogP contribution in [0.5, 0.6) is 5.88 Å². The summed E-state index contributed by atoms with van der Waals surface area (Å²) in [5.74, 6) is 0.141. The van der Waals surface area contributed by atoms with Crippen molar-refractivity contribution in [2.45, 2.75) is 22.8 Å². The lowest BCUT2D eigenvalue weighted by Gasteiger charge is -2.39. The summed E-state index contributed by atoms with van der Waals surface area (Å²) in [6.07, 6.45) is 8.78. The summed E-state index contributed by atoms with van der Waals surface area (Å²) in [5.41, 5.74) is 3.42. The number of rotatable bonds is 8. The third-order valence-corrected chi connectivity index (χ3v) is 6.91. The van der Waals surface area contributed by atoms with Crippen LogP contribution in [0.2, 0.25) is 0 Å². The van der Waals surface area contributed by atoms with Crippen LogP contribution in [0, 0.1) is 0 Å². The van der Waals surface area contributed by atoms with Crippen LogP contribution in [0.15, 0.2) is 78.9 Å². The molecular formula is C29H31BrN2O2. The summed E-state index contributed by atoms with van der Waals surface area (Å²) in [4.78, 5) is 7.12. The Balaban J connectivity index is 1.97. The van der Waals surface area contributed by atoms with Gasteiger partial charge in [-0.3, -0.25) is 0 Å². The van der Waals surface area contributed by atoms with Gasteiger partial charge in [0.05, 0.1) is 17.6 Å². The zero-order valence-electron chi connectivity index (χ0n) is 19.9. The minimum Gasteiger partial charge on any atom is -0.481 e. The predicted octanol–water partition coefficient (Wildman–Crippen LogP) is 5.87. The van der Waals surface area contributed by atoms with Crippen molar-refractivity contribution in [1.29, 1.82) is 0 Å². The molecule has 0 amide bonds.